The second-order valence-corrected chi connectivity index (χ2v) is 6.97. The molecule has 0 bridgehead atoms. The maximum absolute atomic E-state index is 12.1. The number of sulfonamides is 1. The van der Waals surface area contributed by atoms with Crippen molar-refractivity contribution in [2.75, 3.05) is 20.7 Å². The first-order valence-electron chi connectivity index (χ1n) is 6.89. The lowest BCUT2D eigenvalue weighted by Crippen LogP contribution is -2.39. The van der Waals surface area contributed by atoms with E-state index in [1.807, 2.05) is 0 Å². The van der Waals surface area contributed by atoms with E-state index >= 15 is 0 Å². The zero-order chi connectivity index (χ0) is 17.6. The molecule has 128 valence electrons. The molecule has 0 aliphatic heterocycles. The van der Waals surface area contributed by atoms with Gasteiger partial charge >= 0.3 is 0 Å². The van der Waals surface area contributed by atoms with Crippen molar-refractivity contribution in [1.82, 2.24) is 15.1 Å². The summed E-state index contributed by atoms with van der Waals surface area (Å²) < 4.78 is 25.0. The van der Waals surface area contributed by atoms with E-state index in [-0.39, 0.29) is 29.0 Å². The Morgan fingerprint density at radius 3 is 2.52 bits per heavy atom. The average Bonchev–Trinajstić information content (AvgIpc) is 2.51. The van der Waals surface area contributed by atoms with Crippen molar-refractivity contribution in [1.29, 1.82) is 0 Å². The zero-order valence-electron chi connectivity index (χ0n) is 13.5. The number of amides is 2. The molecule has 8 nitrogen and oxygen atoms in total. The van der Waals surface area contributed by atoms with Crippen LogP contribution in [-0.4, -0.2) is 51.4 Å². The molecule has 0 aliphatic carbocycles. The summed E-state index contributed by atoms with van der Waals surface area (Å²) in [4.78, 5) is 28.1. The molecule has 0 heterocycles. The van der Waals surface area contributed by atoms with Gasteiger partial charge in [0, 0.05) is 18.7 Å². The minimum absolute atomic E-state index is 0.0301. The third-order valence-electron chi connectivity index (χ3n) is 2.85. The quantitative estimate of drug-likeness (QED) is 0.685. The molecule has 1 aromatic carbocycles. The van der Waals surface area contributed by atoms with Gasteiger partial charge in [-0.25, -0.2) is 8.42 Å². The highest BCUT2D eigenvalue weighted by atomic mass is 32.2. The first-order valence-corrected chi connectivity index (χ1v) is 8.33. The van der Waals surface area contributed by atoms with Crippen molar-refractivity contribution in [3.8, 4) is 0 Å². The molecule has 0 radical (unpaired) electrons. The summed E-state index contributed by atoms with van der Waals surface area (Å²) in [5.74, 6) is -0.864. The van der Waals surface area contributed by atoms with E-state index < -0.39 is 15.9 Å². The Morgan fingerprint density at radius 2 is 1.96 bits per heavy atom. The molecule has 1 rings (SSSR count). The number of rotatable bonds is 7. The van der Waals surface area contributed by atoms with Gasteiger partial charge in [-0.1, -0.05) is 10.5 Å². The number of carbonyl (C=O) groups excluding carboxylic acids is 2. The van der Waals surface area contributed by atoms with Crippen LogP contribution in [0.15, 0.2) is 29.2 Å². The van der Waals surface area contributed by atoms with Crippen molar-refractivity contribution < 1.29 is 22.8 Å². The van der Waals surface area contributed by atoms with Crippen LogP contribution in [-0.2, 0) is 19.7 Å². The molecule has 0 fully saturated rings. The van der Waals surface area contributed by atoms with Crippen LogP contribution in [0.2, 0.25) is 0 Å². The lowest BCUT2D eigenvalue weighted by Gasteiger charge is -2.14. The summed E-state index contributed by atoms with van der Waals surface area (Å²) in [6.45, 7) is 3.42. The van der Waals surface area contributed by atoms with Gasteiger partial charge in [0.1, 0.15) is 0 Å². The molecule has 2 N–H and O–H groups in total. The lowest BCUT2D eigenvalue weighted by atomic mass is 10.2. The Labute approximate surface area is 135 Å². The van der Waals surface area contributed by atoms with Gasteiger partial charge in [0.2, 0.25) is 5.91 Å². The fraction of sp³-hybridized carbons (Fsp3) is 0.429. The minimum atomic E-state index is -3.84. The fourth-order valence-corrected chi connectivity index (χ4v) is 2.70. The minimum Gasteiger partial charge on any atom is -0.352 e. The van der Waals surface area contributed by atoms with Gasteiger partial charge in [-0.3, -0.25) is 14.4 Å². The van der Waals surface area contributed by atoms with Gasteiger partial charge < -0.3 is 10.6 Å². The fourth-order valence-electron chi connectivity index (χ4n) is 1.68. The predicted molar refractivity (Wildman–Crippen MR) is 84.0 cm³/mol. The van der Waals surface area contributed by atoms with Crippen molar-refractivity contribution in [3.63, 3.8) is 0 Å². The van der Waals surface area contributed by atoms with Gasteiger partial charge in [-0.15, -0.1) is 0 Å². The summed E-state index contributed by atoms with van der Waals surface area (Å²) in [5.41, 5.74) is 0.132. The number of hydrogen-bond donors (Lipinski definition) is 2. The van der Waals surface area contributed by atoms with Crippen molar-refractivity contribution in [2.45, 2.75) is 24.8 Å². The van der Waals surface area contributed by atoms with Gasteiger partial charge in [0.05, 0.1) is 18.6 Å². The maximum atomic E-state index is 12.1. The van der Waals surface area contributed by atoms with Gasteiger partial charge in [0.25, 0.3) is 15.9 Å². The Hall–Kier alpha value is -1.97. The molecule has 0 aliphatic rings. The van der Waals surface area contributed by atoms with Crippen LogP contribution in [0.5, 0.6) is 0 Å². The highest BCUT2D eigenvalue weighted by Gasteiger charge is 2.22. The Bertz CT molecular complexity index is 673. The van der Waals surface area contributed by atoms with Gasteiger partial charge in [0.15, 0.2) is 0 Å². The first kappa shape index (κ1) is 19.1. The standard InChI is InChI=1S/C14H21N3O5S/c1-10(2)16-13(18)9-15-14(19)11-6-5-7-12(8-11)23(20,21)17(3)22-4/h5-8,10H,9H2,1-4H3,(H,15,19)(H,16,18). The van der Waals surface area contributed by atoms with Crippen LogP contribution in [0.3, 0.4) is 0 Å². The Balaban J connectivity index is 2.84. The molecule has 0 unspecified atom stereocenters. The van der Waals surface area contributed by atoms with Crippen LogP contribution in [0.1, 0.15) is 24.2 Å². The van der Waals surface area contributed by atoms with Crippen molar-refractivity contribution in [3.05, 3.63) is 29.8 Å². The molecule has 0 saturated heterocycles. The zero-order valence-corrected chi connectivity index (χ0v) is 14.3. The highest BCUT2D eigenvalue weighted by Crippen LogP contribution is 2.15. The van der Waals surface area contributed by atoms with E-state index in [1.165, 1.54) is 38.4 Å². The summed E-state index contributed by atoms with van der Waals surface area (Å²) >= 11 is 0. The number of benzene rings is 1. The Kier molecular flexibility index (Phi) is 6.67. The molecule has 9 heteroatoms. The average molecular weight is 343 g/mol. The number of nitrogens with zero attached hydrogens (tertiary/aromatic N) is 1. The first-order chi connectivity index (χ1) is 10.7. The molecular weight excluding hydrogens is 322 g/mol. The monoisotopic (exact) mass is 343 g/mol. The molecule has 0 spiro atoms. The molecule has 2 amide bonds. The third-order valence-corrected chi connectivity index (χ3v) is 4.52. The molecule has 0 aromatic heterocycles. The molecule has 0 atom stereocenters. The van der Waals surface area contributed by atoms with E-state index in [0.717, 1.165) is 0 Å². The van der Waals surface area contributed by atoms with Crippen molar-refractivity contribution >= 4 is 21.8 Å². The van der Waals surface area contributed by atoms with Crippen LogP contribution >= 0.6 is 0 Å². The smallest absolute Gasteiger partial charge is 0.264 e. The van der Waals surface area contributed by atoms with Crippen LogP contribution in [0.25, 0.3) is 0 Å². The summed E-state index contributed by atoms with van der Waals surface area (Å²) in [6, 6.07) is 5.45. The number of nitrogens with one attached hydrogen (secondary N) is 2. The largest absolute Gasteiger partial charge is 0.352 e. The van der Waals surface area contributed by atoms with Gasteiger partial charge in [-0.2, -0.15) is 0 Å². The third kappa shape index (κ3) is 5.31. The topological polar surface area (TPSA) is 105 Å². The SMILES string of the molecule is CON(C)S(=O)(=O)c1cccc(C(=O)NCC(=O)NC(C)C)c1. The molecule has 0 saturated carbocycles. The van der Waals surface area contributed by atoms with E-state index in [0.29, 0.717) is 4.47 Å². The number of hydroxylamine groups is 1. The van der Waals surface area contributed by atoms with Crippen LogP contribution < -0.4 is 10.6 Å². The van der Waals surface area contributed by atoms with E-state index in [4.69, 9.17) is 0 Å². The van der Waals surface area contributed by atoms with E-state index in [9.17, 15) is 18.0 Å². The summed E-state index contributed by atoms with van der Waals surface area (Å²) in [5, 5.41) is 5.07. The number of carbonyl (C=O) groups is 2. The molecular formula is C14H21N3O5S. The van der Waals surface area contributed by atoms with Crippen LogP contribution in [0, 0.1) is 0 Å². The highest BCUT2D eigenvalue weighted by molar-refractivity contribution is 7.89. The Morgan fingerprint density at radius 1 is 1.30 bits per heavy atom. The second kappa shape index (κ2) is 8.04. The van der Waals surface area contributed by atoms with Crippen LogP contribution in [0.4, 0.5) is 0 Å². The summed E-state index contributed by atoms with van der Waals surface area (Å²) in [6.07, 6.45) is 0. The van der Waals surface area contributed by atoms with E-state index in [1.54, 1.807) is 13.8 Å². The van der Waals surface area contributed by atoms with Gasteiger partial charge in [-0.05, 0) is 32.0 Å². The number of hydrogen-bond acceptors (Lipinski definition) is 5. The van der Waals surface area contributed by atoms with Crippen molar-refractivity contribution in [2.24, 2.45) is 0 Å². The molecule has 23 heavy (non-hydrogen) atoms. The lowest BCUT2D eigenvalue weighted by molar-refractivity contribution is -0.120. The maximum Gasteiger partial charge on any atom is 0.264 e. The summed E-state index contributed by atoms with van der Waals surface area (Å²) in [7, 11) is -1.37. The second-order valence-electron chi connectivity index (χ2n) is 5.03. The predicted octanol–water partition coefficient (Wildman–Crippen LogP) is 0.123. The van der Waals surface area contributed by atoms with E-state index in [2.05, 4.69) is 15.5 Å². The normalized spacial score (nSPS) is 11.6. The molecule has 1 aromatic rings.